The van der Waals surface area contributed by atoms with Gasteiger partial charge in [0, 0.05) is 29.8 Å². The molecule has 0 atom stereocenters. The number of ketones is 2. The Bertz CT molecular complexity index is 1610. The summed E-state index contributed by atoms with van der Waals surface area (Å²) in [5, 5.41) is 3.79. The summed E-state index contributed by atoms with van der Waals surface area (Å²) in [5.74, 6) is -1.14. The predicted molar refractivity (Wildman–Crippen MR) is 163 cm³/mol. The van der Waals surface area contributed by atoms with Gasteiger partial charge in [0.15, 0.2) is 22.2 Å². The Morgan fingerprint density at radius 1 is 1.02 bits per heavy atom. The molecule has 14 heteroatoms. The van der Waals surface area contributed by atoms with Gasteiger partial charge in [0.25, 0.3) is 0 Å². The number of halogens is 4. The average molecular weight is 667 g/mol. The molecule has 45 heavy (non-hydrogen) atoms. The molecule has 0 spiro atoms. The number of nitrogens with one attached hydrogen (secondary N) is 1. The van der Waals surface area contributed by atoms with Crippen LogP contribution in [-0.2, 0) is 26.6 Å². The SMILES string of the molecule is CC(C)CC(=O)CCCS(=O)(=O)CC(=O)c1ccc(Cc2nc(NC3(c4ccc(Cl)cc4)CC3)nc(OCC(F)(F)F)n2)cc1. The minimum absolute atomic E-state index is 0.00386. The second-order valence-corrected chi connectivity index (χ2v) is 14.2. The fourth-order valence-corrected chi connectivity index (χ4v) is 6.15. The molecule has 2 aromatic carbocycles. The van der Waals surface area contributed by atoms with Crippen molar-refractivity contribution in [3.63, 3.8) is 0 Å². The van der Waals surface area contributed by atoms with E-state index in [0.717, 1.165) is 18.4 Å². The zero-order chi connectivity index (χ0) is 32.8. The van der Waals surface area contributed by atoms with Gasteiger partial charge in [-0.3, -0.25) is 9.59 Å². The highest BCUT2D eigenvalue weighted by molar-refractivity contribution is 7.92. The van der Waals surface area contributed by atoms with E-state index in [9.17, 15) is 31.2 Å². The number of alkyl halides is 3. The Kier molecular flexibility index (Phi) is 10.9. The zero-order valence-corrected chi connectivity index (χ0v) is 26.4. The number of sulfone groups is 1. The fourth-order valence-electron chi connectivity index (χ4n) is 4.73. The van der Waals surface area contributed by atoms with E-state index >= 15 is 0 Å². The molecule has 1 saturated carbocycles. The van der Waals surface area contributed by atoms with E-state index in [1.807, 2.05) is 26.0 Å². The lowest BCUT2D eigenvalue weighted by Crippen LogP contribution is -2.23. The quantitative estimate of drug-likeness (QED) is 0.179. The standard InChI is InChI=1S/C31H34ClF3N4O5S/c1-20(2)16-25(40)4-3-15-45(42,43)18-26(41)22-7-5-21(6-8-22)17-27-36-28(38-29(37-27)44-19-31(33,34)35)39-30(13-14-30)23-9-11-24(32)12-10-23/h5-12,20H,3-4,13-19H2,1-2H3,(H,36,37,38,39). The van der Waals surface area contributed by atoms with Crippen LogP contribution in [0.3, 0.4) is 0 Å². The third-order valence-corrected chi connectivity index (χ3v) is 8.92. The summed E-state index contributed by atoms with van der Waals surface area (Å²) >= 11 is 6.01. The van der Waals surface area contributed by atoms with Gasteiger partial charge in [0.05, 0.1) is 11.3 Å². The first-order valence-corrected chi connectivity index (χ1v) is 16.6. The third kappa shape index (κ3) is 10.8. The van der Waals surface area contributed by atoms with Crippen molar-refractivity contribution in [2.45, 2.75) is 64.1 Å². The average Bonchev–Trinajstić information content (AvgIpc) is 3.71. The fraction of sp³-hybridized carbons (Fsp3) is 0.452. The van der Waals surface area contributed by atoms with E-state index in [4.69, 9.17) is 16.3 Å². The van der Waals surface area contributed by atoms with Crippen molar-refractivity contribution in [3.05, 3.63) is 76.1 Å². The largest absolute Gasteiger partial charge is 0.454 e. The summed E-state index contributed by atoms with van der Waals surface area (Å²) in [6.45, 7) is 2.25. The van der Waals surface area contributed by atoms with E-state index in [0.29, 0.717) is 17.0 Å². The molecule has 1 aromatic heterocycles. The van der Waals surface area contributed by atoms with Gasteiger partial charge in [-0.1, -0.05) is 61.8 Å². The second-order valence-electron chi connectivity index (χ2n) is 11.6. The molecule has 1 aliphatic rings. The highest BCUT2D eigenvalue weighted by Gasteiger charge is 2.45. The van der Waals surface area contributed by atoms with Gasteiger partial charge in [-0.2, -0.15) is 28.1 Å². The Morgan fingerprint density at radius 3 is 2.29 bits per heavy atom. The molecule has 242 valence electrons. The number of hydrogen-bond acceptors (Lipinski definition) is 9. The van der Waals surface area contributed by atoms with Crippen LogP contribution in [-0.4, -0.2) is 59.2 Å². The topological polar surface area (TPSA) is 128 Å². The first-order chi connectivity index (χ1) is 21.1. The first-order valence-electron chi connectivity index (χ1n) is 14.4. The van der Waals surface area contributed by atoms with Crippen LogP contribution in [0.4, 0.5) is 19.1 Å². The van der Waals surface area contributed by atoms with Crippen molar-refractivity contribution in [1.29, 1.82) is 0 Å². The number of ether oxygens (including phenoxy) is 1. The Hall–Kier alpha value is -3.58. The molecule has 0 amide bonds. The van der Waals surface area contributed by atoms with Crippen LogP contribution in [0.5, 0.6) is 6.01 Å². The van der Waals surface area contributed by atoms with Crippen LogP contribution in [0.2, 0.25) is 5.02 Å². The van der Waals surface area contributed by atoms with Gasteiger partial charge in [0.1, 0.15) is 17.4 Å². The molecule has 0 aliphatic heterocycles. The van der Waals surface area contributed by atoms with E-state index in [-0.39, 0.29) is 54.1 Å². The molecular formula is C31H34ClF3N4O5S. The number of anilines is 1. The van der Waals surface area contributed by atoms with Gasteiger partial charge < -0.3 is 10.1 Å². The van der Waals surface area contributed by atoms with E-state index < -0.39 is 45.7 Å². The van der Waals surface area contributed by atoms with Gasteiger partial charge in [0.2, 0.25) is 5.95 Å². The molecule has 1 aliphatic carbocycles. The highest BCUT2D eigenvalue weighted by Crippen LogP contribution is 2.48. The third-order valence-electron chi connectivity index (χ3n) is 7.06. The van der Waals surface area contributed by atoms with Gasteiger partial charge in [-0.05, 0) is 48.4 Å². The predicted octanol–water partition coefficient (Wildman–Crippen LogP) is 6.15. The van der Waals surface area contributed by atoms with Crippen molar-refractivity contribution >= 4 is 39.0 Å². The minimum Gasteiger partial charge on any atom is -0.454 e. The van der Waals surface area contributed by atoms with Crippen molar-refractivity contribution in [1.82, 2.24) is 15.0 Å². The number of Topliss-reactive ketones (excluding diaryl/α,β-unsaturated/α-hetero) is 2. The molecular weight excluding hydrogens is 633 g/mol. The maximum atomic E-state index is 12.9. The number of hydrogen-bond donors (Lipinski definition) is 1. The van der Waals surface area contributed by atoms with Crippen molar-refractivity contribution in [2.24, 2.45) is 5.92 Å². The molecule has 0 bridgehead atoms. The van der Waals surface area contributed by atoms with Crippen LogP contribution < -0.4 is 10.1 Å². The van der Waals surface area contributed by atoms with E-state index in [1.54, 1.807) is 24.3 Å². The van der Waals surface area contributed by atoms with Crippen LogP contribution in [0.1, 0.15) is 73.3 Å². The molecule has 0 radical (unpaired) electrons. The van der Waals surface area contributed by atoms with Crippen LogP contribution >= 0.6 is 11.6 Å². The minimum atomic E-state index is -4.59. The van der Waals surface area contributed by atoms with Gasteiger partial charge in [-0.15, -0.1) is 0 Å². The maximum absolute atomic E-state index is 12.9. The lowest BCUT2D eigenvalue weighted by molar-refractivity contribution is -0.154. The number of carbonyl (C=O) groups excluding carboxylic acids is 2. The molecule has 1 N–H and O–H groups in total. The molecule has 0 unspecified atom stereocenters. The lowest BCUT2D eigenvalue weighted by Gasteiger charge is -2.19. The number of benzene rings is 2. The maximum Gasteiger partial charge on any atom is 0.422 e. The van der Waals surface area contributed by atoms with Crippen LogP contribution in [0.25, 0.3) is 0 Å². The smallest absolute Gasteiger partial charge is 0.422 e. The second kappa shape index (κ2) is 14.2. The number of aromatic nitrogens is 3. The summed E-state index contributed by atoms with van der Waals surface area (Å²) < 4.78 is 68.4. The Labute approximate surface area is 264 Å². The monoisotopic (exact) mass is 666 g/mol. The Morgan fingerprint density at radius 2 is 1.69 bits per heavy atom. The van der Waals surface area contributed by atoms with E-state index in [1.165, 1.54) is 12.1 Å². The van der Waals surface area contributed by atoms with E-state index in [2.05, 4.69) is 20.3 Å². The zero-order valence-electron chi connectivity index (χ0n) is 24.9. The summed E-state index contributed by atoms with van der Waals surface area (Å²) in [5.41, 5.74) is 1.23. The van der Waals surface area contributed by atoms with Crippen molar-refractivity contribution < 1.29 is 35.9 Å². The number of carbonyl (C=O) groups is 2. The van der Waals surface area contributed by atoms with Crippen LogP contribution in [0, 0.1) is 5.92 Å². The summed E-state index contributed by atoms with van der Waals surface area (Å²) in [4.78, 5) is 37.1. The van der Waals surface area contributed by atoms with Gasteiger partial charge >= 0.3 is 12.2 Å². The first kappa shape index (κ1) is 34.3. The molecule has 9 nitrogen and oxygen atoms in total. The summed E-state index contributed by atoms with van der Waals surface area (Å²) in [7, 11) is -3.71. The van der Waals surface area contributed by atoms with Crippen molar-refractivity contribution in [2.75, 3.05) is 23.4 Å². The normalized spacial score (nSPS) is 14.3. The van der Waals surface area contributed by atoms with Crippen molar-refractivity contribution in [3.8, 4) is 6.01 Å². The Balaban J connectivity index is 1.43. The summed E-state index contributed by atoms with van der Waals surface area (Å²) in [6.07, 6.45) is -2.32. The van der Waals surface area contributed by atoms with Crippen LogP contribution in [0.15, 0.2) is 48.5 Å². The van der Waals surface area contributed by atoms with Gasteiger partial charge in [-0.25, -0.2) is 8.42 Å². The molecule has 0 saturated heterocycles. The lowest BCUT2D eigenvalue weighted by atomic mass is 10.0. The molecule has 1 fully saturated rings. The highest BCUT2D eigenvalue weighted by atomic mass is 35.5. The molecule has 3 aromatic rings. The number of rotatable bonds is 16. The molecule has 1 heterocycles. The number of nitrogens with zero attached hydrogens (tertiary/aromatic N) is 3. The molecule has 4 rings (SSSR count). The summed E-state index contributed by atoms with van der Waals surface area (Å²) in [6, 6.07) is 12.8.